The molecule has 0 atom stereocenters. The lowest BCUT2D eigenvalue weighted by Crippen LogP contribution is -2.46. The maximum absolute atomic E-state index is 12.5. The topological polar surface area (TPSA) is 108 Å². The fraction of sp³-hybridized carbons (Fsp3) is 0.522. The zero-order chi connectivity index (χ0) is 23.4. The minimum atomic E-state index is -0.351. The van der Waals surface area contributed by atoms with Crippen molar-refractivity contribution in [3.05, 3.63) is 36.2 Å². The zero-order valence-corrected chi connectivity index (χ0v) is 19.8. The summed E-state index contributed by atoms with van der Waals surface area (Å²) in [4.78, 5) is 44.3. The normalized spacial score (nSPS) is 19.1. The van der Waals surface area contributed by atoms with Gasteiger partial charge in [-0.25, -0.2) is 9.78 Å². The van der Waals surface area contributed by atoms with Crippen LogP contribution in [-0.4, -0.2) is 67.8 Å². The quantitative estimate of drug-likeness (QED) is 0.644. The summed E-state index contributed by atoms with van der Waals surface area (Å²) in [6.45, 7) is 5.52. The van der Waals surface area contributed by atoms with E-state index in [9.17, 15) is 14.4 Å². The van der Waals surface area contributed by atoms with Gasteiger partial charge in [-0.15, -0.1) is 5.10 Å². The number of hydrogen-bond acceptors (Lipinski definition) is 7. The lowest BCUT2D eigenvalue weighted by molar-refractivity contribution is -0.152. The lowest BCUT2D eigenvalue weighted by Gasteiger charge is -2.34. The minimum Gasteiger partial charge on any atom is -0.410 e. The number of aromatic nitrogens is 3. The van der Waals surface area contributed by atoms with Crippen molar-refractivity contribution in [2.75, 3.05) is 19.6 Å². The van der Waals surface area contributed by atoms with Crippen LogP contribution in [0.2, 0.25) is 0 Å². The number of ether oxygens (including phenoxy) is 1. The van der Waals surface area contributed by atoms with Crippen molar-refractivity contribution in [2.45, 2.75) is 56.4 Å². The van der Waals surface area contributed by atoms with Gasteiger partial charge in [0.1, 0.15) is 12.1 Å². The molecule has 2 aliphatic rings. The van der Waals surface area contributed by atoms with Crippen LogP contribution in [0.25, 0.3) is 0 Å². The van der Waals surface area contributed by atoms with Crippen molar-refractivity contribution in [2.24, 2.45) is 5.41 Å². The van der Waals surface area contributed by atoms with Gasteiger partial charge in [0, 0.05) is 37.7 Å². The van der Waals surface area contributed by atoms with E-state index in [1.165, 1.54) is 4.90 Å². The molecule has 0 bridgehead atoms. The van der Waals surface area contributed by atoms with Crippen molar-refractivity contribution < 1.29 is 19.1 Å². The van der Waals surface area contributed by atoms with Crippen LogP contribution in [0.4, 0.5) is 4.79 Å². The summed E-state index contributed by atoms with van der Waals surface area (Å²) in [6, 6.07) is 7.24. The van der Waals surface area contributed by atoms with E-state index >= 15 is 0 Å². The number of benzene rings is 1. The van der Waals surface area contributed by atoms with Crippen LogP contribution in [0.3, 0.4) is 0 Å². The van der Waals surface area contributed by atoms with Gasteiger partial charge < -0.3 is 9.64 Å². The number of aromatic amines is 1. The second-order valence-corrected chi connectivity index (χ2v) is 10.6. The summed E-state index contributed by atoms with van der Waals surface area (Å²) in [5.74, 6) is 0.266. The number of nitrogens with zero attached hydrogens (tertiary/aromatic N) is 4. The maximum Gasteiger partial charge on any atom is 0.415 e. The number of rotatable bonds is 6. The Hall–Kier alpha value is -2.88. The highest BCUT2D eigenvalue weighted by atomic mass is 32.2. The molecule has 33 heavy (non-hydrogen) atoms. The maximum atomic E-state index is 12.5. The Labute approximate surface area is 197 Å². The van der Waals surface area contributed by atoms with Crippen molar-refractivity contribution >= 4 is 29.7 Å². The van der Waals surface area contributed by atoms with E-state index in [1.807, 2.05) is 26.0 Å². The molecule has 2 fully saturated rings. The number of thioether (sulfide) groups is 1. The van der Waals surface area contributed by atoms with Gasteiger partial charge in [0.25, 0.3) is 0 Å². The standard InChI is InChI=1S/C23H29N5O4S/c1-23(2)13-19(29)28(20(30)14-23)12-7-16-3-5-17(6-4-16)32-22(31)27-10-8-18(9-11-27)33-21-24-15-25-26-21/h3-6,15,18H,7-14H2,1-2H3,(H,24,25,26). The first-order chi connectivity index (χ1) is 15.8. The fourth-order valence-electron chi connectivity index (χ4n) is 4.15. The molecule has 10 heteroatoms. The van der Waals surface area contributed by atoms with Crippen molar-refractivity contribution in [3.63, 3.8) is 0 Å². The highest BCUT2D eigenvalue weighted by molar-refractivity contribution is 7.99. The Balaban J connectivity index is 1.22. The first-order valence-corrected chi connectivity index (χ1v) is 12.1. The molecular weight excluding hydrogens is 442 g/mol. The number of piperidine rings is 2. The average Bonchev–Trinajstić information content (AvgIpc) is 3.27. The van der Waals surface area contributed by atoms with Crippen LogP contribution in [0, 0.1) is 5.41 Å². The molecule has 0 radical (unpaired) electrons. The molecule has 4 rings (SSSR count). The minimum absolute atomic E-state index is 0.107. The summed E-state index contributed by atoms with van der Waals surface area (Å²) in [7, 11) is 0. The molecule has 1 aromatic carbocycles. The molecule has 9 nitrogen and oxygen atoms in total. The van der Waals surface area contributed by atoms with Gasteiger partial charge in [0.2, 0.25) is 17.0 Å². The molecule has 3 amide bonds. The van der Waals surface area contributed by atoms with Crippen LogP contribution in [0.1, 0.15) is 45.1 Å². The van der Waals surface area contributed by atoms with E-state index in [0.29, 0.717) is 49.9 Å². The summed E-state index contributed by atoms with van der Waals surface area (Å²) in [5.41, 5.74) is 0.714. The van der Waals surface area contributed by atoms with Crippen LogP contribution in [0.15, 0.2) is 35.7 Å². The first kappa shape index (κ1) is 23.3. The third-order valence-electron chi connectivity index (χ3n) is 5.98. The molecule has 2 saturated heterocycles. The Bertz CT molecular complexity index is 965. The number of hydrogen-bond donors (Lipinski definition) is 1. The number of likely N-dealkylation sites (tertiary alicyclic amines) is 2. The molecule has 176 valence electrons. The van der Waals surface area contributed by atoms with Crippen LogP contribution in [0.5, 0.6) is 5.75 Å². The van der Waals surface area contributed by atoms with E-state index in [1.54, 1.807) is 35.1 Å². The Kier molecular flexibility index (Phi) is 7.02. The summed E-state index contributed by atoms with van der Waals surface area (Å²) < 4.78 is 5.53. The summed E-state index contributed by atoms with van der Waals surface area (Å²) in [6.07, 6.45) is 4.29. The Morgan fingerprint density at radius 1 is 1.15 bits per heavy atom. The molecule has 1 aromatic heterocycles. The van der Waals surface area contributed by atoms with Gasteiger partial charge in [-0.05, 0) is 42.4 Å². The number of H-pyrrole nitrogens is 1. The lowest BCUT2D eigenvalue weighted by atomic mass is 9.81. The number of nitrogens with one attached hydrogen (secondary N) is 1. The molecule has 0 spiro atoms. The third kappa shape index (κ3) is 6.13. The van der Waals surface area contributed by atoms with Gasteiger partial charge in [-0.3, -0.25) is 19.6 Å². The second-order valence-electron chi connectivity index (χ2n) is 9.30. The molecular formula is C23H29N5O4S. The van der Waals surface area contributed by atoms with Crippen LogP contribution < -0.4 is 4.74 Å². The Morgan fingerprint density at radius 2 is 1.82 bits per heavy atom. The molecule has 0 saturated carbocycles. The van der Waals surface area contributed by atoms with Crippen molar-refractivity contribution in [1.82, 2.24) is 25.0 Å². The number of carbonyl (C=O) groups excluding carboxylic acids is 3. The third-order valence-corrected chi connectivity index (χ3v) is 7.19. The van der Waals surface area contributed by atoms with E-state index in [2.05, 4.69) is 15.2 Å². The van der Waals surface area contributed by atoms with Gasteiger partial charge >= 0.3 is 6.09 Å². The monoisotopic (exact) mass is 471 g/mol. The van der Waals surface area contributed by atoms with E-state index in [4.69, 9.17) is 4.74 Å². The number of imide groups is 1. The highest BCUT2D eigenvalue weighted by Crippen LogP contribution is 2.31. The second kappa shape index (κ2) is 9.94. The Morgan fingerprint density at radius 3 is 2.42 bits per heavy atom. The zero-order valence-electron chi connectivity index (χ0n) is 19.0. The largest absolute Gasteiger partial charge is 0.415 e. The van der Waals surface area contributed by atoms with E-state index in [-0.39, 0.29) is 23.3 Å². The van der Waals surface area contributed by atoms with Gasteiger partial charge in [-0.2, -0.15) is 0 Å². The molecule has 0 aliphatic carbocycles. The first-order valence-electron chi connectivity index (χ1n) is 11.2. The molecule has 0 unspecified atom stereocenters. The fourth-order valence-corrected chi connectivity index (χ4v) is 5.11. The molecule has 3 heterocycles. The molecule has 1 N–H and O–H groups in total. The average molecular weight is 472 g/mol. The SMILES string of the molecule is CC1(C)CC(=O)N(CCc2ccc(OC(=O)N3CCC(Sc4nc[nH]n4)CC3)cc2)C(=O)C1. The summed E-state index contributed by atoms with van der Waals surface area (Å²) in [5, 5.41) is 7.89. The van der Waals surface area contributed by atoms with Gasteiger partial charge in [-0.1, -0.05) is 37.7 Å². The predicted octanol–water partition coefficient (Wildman–Crippen LogP) is 3.28. The van der Waals surface area contributed by atoms with Crippen LogP contribution in [-0.2, 0) is 16.0 Å². The van der Waals surface area contributed by atoms with Crippen LogP contribution >= 0.6 is 11.8 Å². The molecule has 2 aliphatic heterocycles. The highest BCUT2D eigenvalue weighted by Gasteiger charge is 2.37. The smallest absolute Gasteiger partial charge is 0.410 e. The van der Waals surface area contributed by atoms with Crippen molar-refractivity contribution in [1.29, 1.82) is 0 Å². The number of amides is 3. The molecule has 2 aromatic rings. The number of carbonyl (C=O) groups is 3. The van der Waals surface area contributed by atoms with E-state index in [0.717, 1.165) is 23.6 Å². The summed E-state index contributed by atoms with van der Waals surface area (Å²) >= 11 is 1.63. The predicted molar refractivity (Wildman–Crippen MR) is 123 cm³/mol. The van der Waals surface area contributed by atoms with Crippen molar-refractivity contribution in [3.8, 4) is 5.75 Å². The van der Waals surface area contributed by atoms with Gasteiger partial charge in [0.15, 0.2) is 0 Å². The van der Waals surface area contributed by atoms with Gasteiger partial charge in [0.05, 0.1) is 0 Å². The van der Waals surface area contributed by atoms with E-state index < -0.39 is 0 Å².